The van der Waals surface area contributed by atoms with E-state index in [1.807, 2.05) is 13.2 Å². The molecule has 0 fully saturated rings. The lowest BCUT2D eigenvalue weighted by Crippen LogP contribution is -2.24. The number of nitrogens with zero attached hydrogens (tertiary/aromatic N) is 3. The van der Waals surface area contributed by atoms with Gasteiger partial charge in [-0.25, -0.2) is 4.98 Å². The van der Waals surface area contributed by atoms with Crippen LogP contribution in [0.4, 0.5) is 11.8 Å². The zero-order chi connectivity index (χ0) is 10.6. The van der Waals surface area contributed by atoms with Gasteiger partial charge in [-0.1, -0.05) is 0 Å². The van der Waals surface area contributed by atoms with Crippen molar-refractivity contribution in [2.24, 2.45) is 0 Å². The maximum absolute atomic E-state index is 4.43. The van der Waals surface area contributed by atoms with Gasteiger partial charge in [-0.3, -0.25) is 0 Å². The molecule has 1 rings (SSSR count). The minimum absolute atomic E-state index is 0.791. The minimum Gasteiger partial charge on any atom is -0.372 e. The fourth-order valence-corrected chi connectivity index (χ4v) is 1.72. The molecule has 0 unspecified atom stereocenters. The van der Waals surface area contributed by atoms with E-state index in [-0.39, 0.29) is 0 Å². The van der Waals surface area contributed by atoms with Crippen LogP contribution in [0, 0.1) is 3.57 Å². The Balaban J connectivity index is 2.98. The molecule has 0 saturated heterocycles. The third-order valence-corrected chi connectivity index (χ3v) is 2.80. The van der Waals surface area contributed by atoms with Crippen LogP contribution in [0.5, 0.6) is 0 Å². The van der Waals surface area contributed by atoms with Crippen molar-refractivity contribution in [1.82, 2.24) is 9.97 Å². The summed E-state index contributed by atoms with van der Waals surface area (Å²) >= 11 is 2.22. The van der Waals surface area contributed by atoms with Crippen LogP contribution in [0.1, 0.15) is 13.8 Å². The SMILES string of the molecule is CCN(CC)c1ncc(I)c(NC)n1. The Kier molecular flexibility index (Phi) is 4.37. The highest BCUT2D eigenvalue weighted by atomic mass is 127. The third kappa shape index (κ3) is 2.46. The molecular formula is C9H15IN4. The van der Waals surface area contributed by atoms with Crippen molar-refractivity contribution in [3.8, 4) is 0 Å². The maximum atomic E-state index is 4.43. The van der Waals surface area contributed by atoms with E-state index in [1.54, 1.807) is 0 Å². The number of hydrogen-bond donors (Lipinski definition) is 1. The largest absolute Gasteiger partial charge is 0.372 e. The van der Waals surface area contributed by atoms with Gasteiger partial charge >= 0.3 is 0 Å². The van der Waals surface area contributed by atoms with Crippen LogP contribution in [0.2, 0.25) is 0 Å². The monoisotopic (exact) mass is 306 g/mol. The van der Waals surface area contributed by atoms with Gasteiger partial charge in [0.25, 0.3) is 0 Å². The molecule has 0 aromatic carbocycles. The Bertz CT molecular complexity index is 299. The summed E-state index contributed by atoms with van der Waals surface area (Å²) in [5.74, 6) is 1.68. The van der Waals surface area contributed by atoms with E-state index >= 15 is 0 Å². The predicted molar refractivity (Wildman–Crippen MR) is 67.9 cm³/mol. The average Bonchev–Trinajstić information content (AvgIpc) is 2.22. The van der Waals surface area contributed by atoms with Gasteiger partial charge in [0.2, 0.25) is 5.95 Å². The van der Waals surface area contributed by atoms with E-state index in [0.717, 1.165) is 28.4 Å². The number of nitrogens with one attached hydrogen (secondary N) is 1. The molecule has 5 heteroatoms. The fourth-order valence-electron chi connectivity index (χ4n) is 1.19. The van der Waals surface area contributed by atoms with Crippen LogP contribution >= 0.6 is 22.6 Å². The topological polar surface area (TPSA) is 41.1 Å². The van der Waals surface area contributed by atoms with Crippen LogP contribution < -0.4 is 10.2 Å². The Morgan fingerprint density at radius 1 is 1.43 bits per heavy atom. The molecule has 4 nitrogen and oxygen atoms in total. The molecule has 14 heavy (non-hydrogen) atoms. The molecule has 0 spiro atoms. The van der Waals surface area contributed by atoms with Crippen LogP contribution in [-0.4, -0.2) is 30.1 Å². The van der Waals surface area contributed by atoms with Crippen molar-refractivity contribution >= 4 is 34.4 Å². The third-order valence-electron chi connectivity index (χ3n) is 2.01. The molecule has 0 saturated carbocycles. The fraction of sp³-hybridized carbons (Fsp3) is 0.556. The molecule has 0 amide bonds. The molecule has 0 bridgehead atoms. The van der Waals surface area contributed by atoms with Crippen LogP contribution in [-0.2, 0) is 0 Å². The minimum atomic E-state index is 0.791. The van der Waals surface area contributed by atoms with Crippen molar-refractivity contribution in [3.05, 3.63) is 9.77 Å². The van der Waals surface area contributed by atoms with Crippen LogP contribution in [0.15, 0.2) is 6.20 Å². The standard InChI is InChI=1S/C9H15IN4/c1-4-14(5-2)9-12-6-7(10)8(11-3)13-9/h6H,4-5H2,1-3H3,(H,11,12,13). The summed E-state index contributed by atoms with van der Waals surface area (Å²) in [5, 5.41) is 3.05. The number of anilines is 2. The second-order valence-electron chi connectivity index (χ2n) is 2.79. The van der Waals surface area contributed by atoms with Crippen molar-refractivity contribution in [2.75, 3.05) is 30.4 Å². The van der Waals surface area contributed by atoms with Gasteiger partial charge < -0.3 is 10.2 Å². The van der Waals surface area contributed by atoms with E-state index in [0.29, 0.717) is 0 Å². The summed E-state index contributed by atoms with van der Waals surface area (Å²) in [6, 6.07) is 0. The Morgan fingerprint density at radius 3 is 2.57 bits per heavy atom. The molecule has 0 radical (unpaired) electrons. The number of rotatable bonds is 4. The highest BCUT2D eigenvalue weighted by Gasteiger charge is 2.07. The van der Waals surface area contributed by atoms with E-state index in [9.17, 15) is 0 Å². The van der Waals surface area contributed by atoms with E-state index in [1.165, 1.54) is 0 Å². The number of hydrogen-bond acceptors (Lipinski definition) is 4. The van der Waals surface area contributed by atoms with Crippen molar-refractivity contribution in [2.45, 2.75) is 13.8 Å². The molecule has 78 valence electrons. The van der Waals surface area contributed by atoms with Gasteiger partial charge in [0.15, 0.2) is 0 Å². The second-order valence-corrected chi connectivity index (χ2v) is 3.95. The van der Waals surface area contributed by atoms with E-state index in [2.05, 4.69) is 56.6 Å². The van der Waals surface area contributed by atoms with Crippen LogP contribution in [0.25, 0.3) is 0 Å². The molecule has 1 aromatic rings. The summed E-state index contributed by atoms with van der Waals surface area (Å²) in [6.45, 7) is 6.06. The van der Waals surface area contributed by atoms with Crippen molar-refractivity contribution in [1.29, 1.82) is 0 Å². The predicted octanol–water partition coefficient (Wildman–Crippen LogP) is 1.97. The normalized spacial score (nSPS) is 10.0. The first-order valence-corrected chi connectivity index (χ1v) is 5.76. The van der Waals surface area contributed by atoms with Gasteiger partial charge in [0.05, 0.1) is 3.57 Å². The van der Waals surface area contributed by atoms with Gasteiger partial charge in [0.1, 0.15) is 5.82 Å². The lowest BCUT2D eigenvalue weighted by Gasteiger charge is -2.18. The van der Waals surface area contributed by atoms with Gasteiger partial charge in [-0.2, -0.15) is 4.98 Å². The van der Waals surface area contributed by atoms with Crippen molar-refractivity contribution in [3.63, 3.8) is 0 Å². The molecule has 1 heterocycles. The molecule has 0 atom stereocenters. The molecule has 1 N–H and O–H groups in total. The highest BCUT2D eigenvalue weighted by Crippen LogP contribution is 2.17. The Labute approximate surface area is 98.3 Å². The molecule has 0 aliphatic rings. The summed E-state index contributed by atoms with van der Waals surface area (Å²) in [4.78, 5) is 10.8. The molecular weight excluding hydrogens is 291 g/mol. The zero-order valence-corrected chi connectivity index (χ0v) is 10.9. The van der Waals surface area contributed by atoms with Gasteiger partial charge in [-0.05, 0) is 36.4 Å². The number of halogens is 1. The average molecular weight is 306 g/mol. The maximum Gasteiger partial charge on any atom is 0.227 e. The first-order valence-electron chi connectivity index (χ1n) is 4.68. The first kappa shape index (κ1) is 11.5. The molecule has 0 aliphatic heterocycles. The Hall–Kier alpha value is -0.590. The Morgan fingerprint density at radius 2 is 2.07 bits per heavy atom. The van der Waals surface area contributed by atoms with Gasteiger partial charge in [-0.15, -0.1) is 0 Å². The lowest BCUT2D eigenvalue weighted by atomic mass is 10.5. The second kappa shape index (κ2) is 5.33. The lowest BCUT2D eigenvalue weighted by molar-refractivity contribution is 0.821. The molecule has 0 aliphatic carbocycles. The van der Waals surface area contributed by atoms with Crippen molar-refractivity contribution < 1.29 is 0 Å². The summed E-state index contributed by atoms with van der Waals surface area (Å²) in [6.07, 6.45) is 1.84. The summed E-state index contributed by atoms with van der Waals surface area (Å²) in [7, 11) is 1.87. The quantitative estimate of drug-likeness (QED) is 0.864. The van der Waals surface area contributed by atoms with Gasteiger partial charge in [0, 0.05) is 26.3 Å². The molecule has 1 aromatic heterocycles. The van der Waals surface area contributed by atoms with E-state index < -0.39 is 0 Å². The number of aromatic nitrogens is 2. The smallest absolute Gasteiger partial charge is 0.227 e. The van der Waals surface area contributed by atoms with E-state index in [4.69, 9.17) is 0 Å². The summed E-state index contributed by atoms with van der Waals surface area (Å²) < 4.78 is 1.04. The van der Waals surface area contributed by atoms with Crippen LogP contribution in [0.3, 0.4) is 0 Å². The highest BCUT2D eigenvalue weighted by molar-refractivity contribution is 14.1. The zero-order valence-electron chi connectivity index (χ0n) is 8.71. The first-order chi connectivity index (χ1) is 6.72. The summed E-state index contributed by atoms with van der Waals surface area (Å²) in [5.41, 5.74) is 0.